The number of rotatable bonds is 5. The topological polar surface area (TPSA) is 119 Å². The van der Waals surface area contributed by atoms with Crippen molar-refractivity contribution in [2.45, 2.75) is 23.8 Å². The Balaban J connectivity index is 1.75. The number of nitro benzene ring substituents is 1. The summed E-state index contributed by atoms with van der Waals surface area (Å²) in [7, 11) is -4.06. The van der Waals surface area contributed by atoms with Crippen molar-refractivity contribution in [2.24, 2.45) is 5.14 Å². The lowest BCUT2D eigenvalue weighted by atomic mass is 10.0. The average molecular weight is 394 g/mol. The molecule has 3 rings (SSSR count). The minimum Gasteiger partial charge on any atom is -0.380 e. The van der Waals surface area contributed by atoms with Crippen LogP contribution in [0.15, 0.2) is 47.4 Å². The second-order valence-electron chi connectivity index (χ2n) is 6.37. The van der Waals surface area contributed by atoms with Crippen LogP contribution in [0.4, 0.5) is 21.5 Å². The Morgan fingerprint density at radius 1 is 1.19 bits per heavy atom. The van der Waals surface area contributed by atoms with Gasteiger partial charge in [-0.2, -0.15) is 0 Å². The maximum atomic E-state index is 13.8. The average Bonchev–Trinajstić information content (AvgIpc) is 2.63. The highest BCUT2D eigenvalue weighted by atomic mass is 32.2. The van der Waals surface area contributed by atoms with Gasteiger partial charge in [0.15, 0.2) is 0 Å². The van der Waals surface area contributed by atoms with Gasteiger partial charge in [-0.15, -0.1) is 0 Å². The summed E-state index contributed by atoms with van der Waals surface area (Å²) in [5.41, 5.74) is 0.531. The molecule has 0 saturated carbocycles. The van der Waals surface area contributed by atoms with E-state index in [0.717, 1.165) is 6.07 Å². The van der Waals surface area contributed by atoms with Gasteiger partial charge in [0.1, 0.15) is 5.82 Å². The number of primary sulfonamides is 1. The molecule has 27 heavy (non-hydrogen) atoms. The summed E-state index contributed by atoms with van der Waals surface area (Å²) in [6, 6.07) is 10.1. The van der Waals surface area contributed by atoms with Crippen molar-refractivity contribution in [1.29, 1.82) is 0 Å². The van der Waals surface area contributed by atoms with Gasteiger partial charge < -0.3 is 10.2 Å². The van der Waals surface area contributed by atoms with Crippen molar-refractivity contribution in [3.63, 3.8) is 0 Å². The van der Waals surface area contributed by atoms with Crippen LogP contribution in [0.25, 0.3) is 0 Å². The normalized spacial score (nSPS) is 15.6. The molecule has 1 fully saturated rings. The molecule has 1 heterocycles. The van der Waals surface area contributed by atoms with Gasteiger partial charge in [-0.25, -0.2) is 17.9 Å². The molecule has 0 spiro atoms. The van der Waals surface area contributed by atoms with Crippen LogP contribution in [0, 0.1) is 15.9 Å². The summed E-state index contributed by atoms with van der Waals surface area (Å²) in [6.07, 6.45) is 1.34. The van der Waals surface area contributed by atoms with Crippen LogP contribution in [0.2, 0.25) is 0 Å². The second kappa shape index (κ2) is 7.49. The number of piperidine rings is 1. The summed E-state index contributed by atoms with van der Waals surface area (Å²) in [5, 5.41) is 19.4. The molecule has 1 aliphatic rings. The highest BCUT2D eigenvalue weighted by Gasteiger charge is 2.23. The van der Waals surface area contributed by atoms with E-state index in [1.165, 1.54) is 18.2 Å². The monoisotopic (exact) mass is 394 g/mol. The van der Waals surface area contributed by atoms with Gasteiger partial charge in [0.2, 0.25) is 10.0 Å². The predicted octanol–water partition coefficient (Wildman–Crippen LogP) is 2.46. The number of nitrogens with zero attached hydrogens (tertiary/aromatic N) is 2. The quantitative estimate of drug-likeness (QED) is 0.594. The Morgan fingerprint density at radius 2 is 1.85 bits per heavy atom. The maximum absolute atomic E-state index is 13.8. The number of halogens is 1. The van der Waals surface area contributed by atoms with Crippen LogP contribution >= 0.6 is 0 Å². The van der Waals surface area contributed by atoms with E-state index in [4.69, 9.17) is 5.14 Å². The first-order chi connectivity index (χ1) is 12.7. The highest BCUT2D eigenvalue weighted by Crippen LogP contribution is 2.29. The largest absolute Gasteiger partial charge is 0.380 e. The molecule has 0 unspecified atom stereocenters. The molecule has 0 atom stereocenters. The first-order valence-corrected chi connectivity index (χ1v) is 9.87. The van der Waals surface area contributed by atoms with Crippen molar-refractivity contribution < 1.29 is 17.7 Å². The summed E-state index contributed by atoms with van der Waals surface area (Å²) >= 11 is 0. The number of anilines is 2. The van der Waals surface area contributed by atoms with Gasteiger partial charge in [-0.1, -0.05) is 12.1 Å². The van der Waals surface area contributed by atoms with Gasteiger partial charge >= 0.3 is 0 Å². The zero-order chi connectivity index (χ0) is 19.6. The van der Waals surface area contributed by atoms with Crippen molar-refractivity contribution in [2.75, 3.05) is 23.3 Å². The minimum atomic E-state index is -4.06. The van der Waals surface area contributed by atoms with Gasteiger partial charge in [-0.3, -0.25) is 10.1 Å². The molecule has 0 aromatic heterocycles. The van der Waals surface area contributed by atoms with E-state index in [-0.39, 0.29) is 22.4 Å². The van der Waals surface area contributed by atoms with E-state index < -0.39 is 14.9 Å². The van der Waals surface area contributed by atoms with Gasteiger partial charge in [0.25, 0.3) is 5.69 Å². The van der Waals surface area contributed by atoms with Crippen molar-refractivity contribution in [1.82, 2.24) is 0 Å². The third kappa shape index (κ3) is 4.52. The molecule has 10 heteroatoms. The van der Waals surface area contributed by atoms with Crippen LogP contribution in [0.1, 0.15) is 12.8 Å². The zero-order valence-electron chi connectivity index (χ0n) is 14.3. The smallest absolute Gasteiger partial charge is 0.272 e. The Bertz CT molecular complexity index is 959. The Kier molecular flexibility index (Phi) is 5.29. The van der Waals surface area contributed by atoms with Crippen LogP contribution in [0.5, 0.6) is 0 Å². The van der Waals surface area contributed by atoms with E-state index in [1.807, 2.05) is 4.90 Å². The third-order valence-electron chi connectivity index (χ3n) is 4.51. The number of sulfonamides is 1. The molecule has 144 valence electrons. The molecule has 0 aliphatic carbocycles. The van der Waals surface area contributed by atoms with E-state index in [2.05, 4.69) is 5.32 Å². The van der Waals surface area contributed by atoms with Gasteiger partial charge in [0.05, 0.1) is 15.5 Å². The molecular weight excluding hydrogens is 375 g/mol. The first kappa shape index (κ1) is 19.1. The van der Waals surface area contributed by atoms with Gasteiger partial charge in [0, 0.05) is 37.0 Å². The van der Waals surface area contributed by atoms with Crippen molar-refractivity contribution >= 4 is 27.1 Å². The second-order valence-corrected chi connectivity index (χ2v) is 7.93. The molecule has 8 nitrogen and oxygen atoms in total. The molecule has 0 radical (unpaired) electrons. The fourth-order valence-corrected chi connectivity index (χ4v) is 3.67. The molecule has 0 amide bonds. The number of nitrogens with one attached hydrogen (secondary N) is 1. The number of nitro groups is 1. The van der Waals surface area contributed by atoms with Crippen LogP contribution in [-0.2, 0) is 10.0 Å². The first-order valence-electron chi connectivity index (χ1n) is 8.32. The lowest BCUT2D eigenvalue weighted by Crippen LogP contribution is -2.39. The van der Waals surface area contributed by atoms with Crippen molar-refractivity contribution in [3.05, 3.63) is 58.4 Å². The van der Waals surface area contributed by atoms with E-state index >= 15 is 0 Å². The highest BCUT2D eigenvalue weighted by molar-refractivity contribution is 7.89. The summed E-state index contributed by atoms with van der Waals surface area (Å²) in [6.45, 7) is 1.08. The van der Waals surface area contributed by atoms with E-state index in [0.29, 0.717) is 37.3 Å². The van der Waals surface area contributed by atoms with Crippen molar-refractivity contribution in [3.8, 4) is 0 Å². The number of hydrogen-bond donors (Lipinski definition) is 2. The fourth-order valence-electron chi connectivity index (χ4n) is 3.10. The fraction of sp³-hybridized carbons (Fsp3) is 0.294. The van der Waals surface area contributed by atoms with E-state index in [1.54, 1.807) is 18.2 Å². The molecule has 2 aromatic rings. The SMILES string of the molecule is NS(=O)(=O)c1cc(N2CCC(Nc3ccccc3F)CC2)cc([N+](=O)[O-])c1. The number of nitrogens with two attached hydrogens (primary N) is 1. The Labute approximate surface area is 156 Å². The molecule has 0 bridgehead atoms. The van der Waals surface area contributed by atoms with Crippen LogP contribution in [-0.4, -0.2) is 32.5 Å². The standard InChI is InChI=1S/C17H19FN4O4S/c18-16-3-1-2-4-17(16)20-12-5-7-21(8-6-12)13-9-14(22(23)24)11-15(10-13)27(19,25)26/h1-4,9-12,20H,5-8H2,(H2,19,25,26). The molecule has 2 aromatic carbocycles. The lowest BCUT2D eigenvalue weighted by molar-refractivity contribution is -0.385. The van der Waals surface area contributed by atoms with Gasteiger partial charge in [-0.05, 0) is 31.0 Å². The molecule has 1 saturated heterocycles. The Morgan fingerprint density at radius 3 is 2.44 bits per heavy atom. The van der Waals surface area contributed by atoms with Crippen LogP contribution < -0.4 is 15.4 Å². The maximum Gasteiger partial charge on any atom is 0.272 e. The number of non-ortho nitro benzene ring substituents is 1. The number of hydrogen-bond acceptors (Lipinski definition) is 6. The molecular formula is C17H19FN4O4S. The van der Waals surface area contributed by atoms with Crippen LogP contribution in [0.3, 0.4) is 0 Å². The Hall–Kier alpha value is -2.72. The van der Waals surface area contributed by atoms with E-state index in [9.17, 15) is 22.9 Å². The molecule has 3 N–H and O–H groups in total. The zero-order valence-corrected chi connectivity index (χ0v) is 15.2. The predicted molar refractivity (Wildman–Crippen MR) is 99.7 cm³/mol. The lowest BCUT2D eigenvalue weighted by Gasteiger charge is -2.34. The molecule has 1 aliphatic heterocycles. The summed E-state index contributed by atoms with van der Waals surface area (Å²) < 4.78 is 37.0. The number of benzene rings is 2. The minimum absolute atomic E-state index is 0.0505. The summed E-state index contributed by atoms with van der Waals surface area (Å²) in [4.78, 5) is 12.0. The number of para-hydroxylation sites is 1. The summed E-state index contributed by atoms with van der Waals surface area (Å²) in [5.74, 6) is -0.323. The third-order valence-corrected chi connectivity index (χ3v) is 5.40.